The summed E-state index contributed by atoms with van der Waals surface area (Å²) in [4.78, 5) is 14.1. The van der Waals surface area contributed by atoms with Crippen molar-refractivity contribution in [3.05, 3.63) is 76.5 Å². The molecular weight excluding hydrogens is 441 g/mol. The van der Waals surface area contributed by atoms with Gasteiger partial charge in [0, 0.05) is 42.1 Å². The zero-order valence-corrected chi connectivity index (χ0v) is 18.6. The Morgan fingerprint density at radius 3 is 2.47 bits per heavy atom. The van der Waals surface area contributed by atoms with E-state index in [2.05, 4.69) is 10.6 Å². The van der Waals surface area contributed by atoms with Crippen LogP contribution in [0.5, 0.6) is 0 Å². The normalized spacial score (nSPS) is 10.8. The van der Waals surface area contributed by atoms with Gasteiger partial charge in [0.15, 0.2) is 5.11 Å². The highest BCUT2D eigenvalue weighted by atomic mass is 35.5. The number of amides is 1. The van der Waals surface area contributed by atoms with E-state index < -0.39 is 0 Å². The van der Waals surface area contributed by atoms with Crippen molar-refractivity contribution in [3.63, 3.8) is 0 Å². The van der Waals surface area contributed by atoms with Crippen molar-refractivity contribution in [2.45, 2.75) is 0 Å². The molecule has 0 radical (unpaired) electrons. The minimum absolute atomic E-state index is 0.204. The van der Waals surface area contributed by atoms with Crippen molar-refractivity contribution < 1.29 is 9.21 Å². The Morgan fingerprint density at radius 2 is 1.80 bits per heavy atom. The SMILES string of the molecule is CN(C)c1ccc(NC(=S)NC(=O)/C=C/c2ccc(-c3ccc(Cl)cc3Cl)o2)cc1. The fraction of sp³-hybridized carbons (Fsp3) is 0.0909. The molecule has 0 saturated heterocycles. The molecule has 0 aliphatic carbocycles. The predicted molar refractivity (Wildman–Crippen MR) is 128 cm³/mol. The lowest BCUT2D eigenvalue weighted by atomic mass is 10.2. The molecule has 0 unspecified atom stereocenters. The molecule has 0 aliphatic heterocycles. The number of anilines is 2. The zero-order chi connectivity index (χ0) is 21.7. The monoisotopic (exact) mass is 459 g/mol. The van der Waals surface area contributed by atoms with E-state index in [-0.39, 0.29) is 11.0 Å². The fourth-order valence-corrected chi connectivity index (χ4v) is 3.31. The Hall–Kier alpha value is -2.80. The standard InChI is InChI=1S/C22H19Cl2N3O2S/c1-27(2)16-6-4-15(5-7-16)25-22(30)26-21(28)12-9-17-8-11-20(29-17)18-10-3-14(23)13-19(18)24/h3-13H,1-2H3,(H2,25,26,28,30)/b12-9+. The van der Waals surface area contributed by atoms with Crippen LogP contribution in [0.1, 0.15) is 5.76 Å². The van der Waals surface area contributed by atoms with E-state index in [1.807, 2.05) is 43.3 Å². The molecule has 0 bridgehead atoms. The fourth-order valence-electron chi connectivity index (χ4n) is 2.59. The smallest absolute Gasteiger partial charge is 0.250 e. The first-order valence-corrected chi connectivity index (χ1v) is 10.1. The van der Waals surface area contributed by atoms with Gasteiger partial charge in [0.25, 0.3) is 0 Å². The van der Waals surface area contributed by atoms with Crippen molar-refractivity contribution in [2.24, 2.45) is 0 Å². The van der Waals surface area contributed by atoms with Crippen LogP contribution in [0.15, 0.2) is 65.1 Å². The average molecular weight is 460 g/mol. The van der Waals surface area contributed by atoms with Gasteiger partial charge in [-0.2, -0.15) is 0 Å². The molecule has 0 saturated carbocycles. The summed E-state index contributed by atoms with van der Waals surface area (Å²) in [6, 6.07) is 16.3. The van der Waals surface area contributed by atoms with Crippen LogP contribution < -0.4 is 15.5 Å². The average Bonchev–Trinajstić information content (AvgIpc) is 3.15. The second-order valence-corrected chi connectivity index (χ2v) is 7.80. The first kappa shape index (κ1) is 21.9. The second kappa shape index (κ2) is 9.80. The number of thiocarbonyl (C=S) groups is 1. The van der Waals surface area contributed by atoms with Gasteiger partial charge in [-0.15, -0.1) is 0 Å². The van der Waals surface area contributed by atoms with Crippen molar-refractivity contribution in [2.75, 3.05) is 24.3 Å². The summed E-state index contributed by atoms with van der Waals surface area (Å²) in [5, 5.41) is 6.81. The summed E-state index contributed by atoms with van der Waals surface area (Å²) >= 11 is 17.3. The van der Waals surface area contributed by atoms with E-state index in [1.54, 1.807) is 36.4 Å². The number of hydrogen-bond acceptors (Lipinski definition) is 4. The van der Waals surface area contributed by atoms with Gasteiger partial charge in [-0.1, -0.05) is 23.2 Å². The molecule has 30 heavy (non-hydrogen) atoms. The first-order chi connectivity index (χ1) is 14.3. The van der Waals surface area contributed by atoms with Gasteiger partial charge in [-0.3, -0.25) is 10.1 Å². The van der Waals surface area contributed by atoms with Crippen LogP contribution in [0, 0.1) is 0 Å². The van der Waals surface area contributed by atoms with Gasteiger partial charge in [0.2, 0.25) is 5.91 Å². The molecule has 8 heteroatoms. The van der Waals surface area contributed by atoms with E-state index in [0.717, 1.165) is 16.9 Å². The van der Waals surface area contributed by atoms with E-state index in [4.69, 9.17) is 39.8 Å². The van der Waals surface area contributed by atoms with Gasteiger partial charge in [-0.05, 0) is 72.9 Å². The molecule has 5 nitrogen and oxygen atoms in total. The maximum atomic E-state index is 12.1. The van der Waals surface area contributed by atoms with Gasteiger partial charge in [0.05, 0.1) is 5.02 Å². The Morgan fingerprint density at radius 1 is 1.07 bits per heavy atom. The molecule has 1 amide bonds. The Labute approximate surface area is 190 Å². The number of nitrogens with one attached hydrogen (secondary N) is 2. The highest BCUT2D eigenvalue weighted by molar-refractivity contribution is 7.80. The molecule has 0 aliphatic rings. The summed E-state index contributed by atoms with van der Waals surface area (Å²) in [7, 11) is 3.93. The third kappa shape index (κ3) is 5.86. The summed E-state index contributed by atoms with van der Waals surface area (Å²) in [5.74, 6) is 0.708. The van der Waals surface area contributed by atoms with Crippen LogP contribution in [0.2, 0.25) is 10.0 Å². The summed E-state index contributed by atoms with van der Waals surface area (Å²) in [5.41, 5.74) is 2.57. The van der Waals surface area contributed by atoms with Crippen molar-refractivity contribution >= 4 is 63.9 Å². The van der Waals surface area contributed by atoms with Gasteiger partial charge >= 0.3 is 0 Å². The van der Waals surface area contributed by atoms with E-state index in [9.17, 15) is 4.79 Å². The quantitative estimate of drug-likeness (QED) is 0.370. The number of hydrogen-bond donors (Lipinski definition) is 2. The van der Waals surface area contributed by atoms with Gasteiger partial charge in [0.1, 0.15) is 11.5 Å². The molecule has 0 atom stereocenters. The third-order valence-electron chi connectivity index (χ3n) is 4.10. The number of nitrogens with zero attached hydrogens (tertiary/aromatic N) is 1. The van der Waals surface area contributed by atoms with E-state index >= 15 is 0 Å². The number of carbonyl (C=O) groups is 1. The van der Waals surface area contributed by atoms with Crippen LogP contribution in [-0.4, -0.2) is 25.1 Å². The maximum Gasteiger partial charge on any atom is 0.250 e. The highest BCUT2D eigenvalue weighted by Gasteiger charge is 2.09. The van der Waals surface area contributed by atoms with E-state index in [0.29, 0.717) is 21.6 Å². The predicted octanol–water partition coefficient (Wildman–Crippen LogP) is 5.85. The number of carbonyl (C=O) groups excluding carboxylic acids is 1. The molecule has 1 aromatic heterocycles. The first-order valence-electron chi connectivity index (χ1n) is 8.94. The molecule has 3 rings (SSSR count). The van der Waals surface area contributed by atoms with Gasteiger partial charge in [-0.25, -0.2) is 0 Å². The number of furan rings is 1. The zero-order valence-electron chi connectivity index (χ0n) is 16.3. The van der Waals surface area contributed by atoms with Crippen LogP contribution in [0.3, 0.4) is 0 Å². The molecule has 1 heterocycles. The van der Waals surface area contributed by atoms with Gasteiger partial charge < -0.3 is 14.6 Å². The molecule has 2 aromatic carbocycles. The van der Waals surface area contributed by atoms with Crippen LogP contribution in [-0.2, 0) is 4.79 Å². The lowest BCUT2D eigenvalue weighted by Crippen LogP contribution is -2.32. The Balaban J connectivity index is 1.57. The Bertz CT molecular complexity index is 1090. The largest absolute Gasteiger partial charge is 0.457 e. The van der Waals surface area contributed by atoms with Crippen molar-refractivity contribution in [1.29, 1.82) is 0 Å². The van der Waals surface area contributed by atoms with Crippen LogP contribution in [0.25, 0.3) is 17.4 Å². The highest BCUT2D eigenvalue weighted by Crippen LogP contribution is 2.31. The topological polar surface area (TPSA) is 57.5 Å². The molecule has 3 aromatic rings. The molecular formula is C22H19Cl2N3O2S. The summed E-state index contributed by atoms with van der Waals surface area (Å²) < 4.78 is 5.73. The lowest BCUT2D eigenvalue weighted by Gasteiger charge is -2.13. The molecule has 0 fully saturated rings. The van der Waals surface area contributed by atoms with Crippen LogP contribution >= 0.6 is 35.4 Å². The minimum atomic E-state index is -0.375. The summed E-state index contributed by atoms with van der Waals surface area (Å²) in [6.45, 7) is 0. The maximum absolute atomic E-state index is 12.1. The second-order valence-electron chi connectivity index (χ2n) is 6.54. The molecule has 154 valence electrons. The van der Waals surface area contributed by atoms with Crippen molar-refractivity contribution in [3.8, 4) is 11.3 Å². The molecule has 2 N–H and O–H groups in total. The summed E-state index contributed by atoms with van der Waals surface area (Å²) in [6.07, 6.45) is 2.90. The number of halogens is 2. The number of rotatable bonds is 5. The van der Waals surface area contributed by atoms with Crippen molar-refractivity contribution in [1.82, 2.24) is 5.32 Å². The lowest BCUT2D eigenvalue weighted by molar-refractivity contribution is -0.115. The van der Waals surface area contributed by atoms with E-state index in [1.165, 1.54) is 6.08 Å². The van der Waals surface area contributed by atoms with Crippen LogP contribution in [0.4, 0.5) is 11.4 Å². The molecule has 0 spiro atoms. The third-order valence-corrected chi connectivity index (χ3v) is 4.85. The minimum Gasteiger partial charge on any atom is -0.457 e. The number of benzene rings is 2. The Kier molecular flexibility index (Phi) is 7.15.